The minimum atomic E-state index is -0.0885. The van der Waals surface area contributed by atoms with E-state index in [2.05, 4.69) is 24.9 Å². The van der Waals surface area contributed by atoms with Gasteiger partial charge in [0.25, 0.3) is 5.91 Å². The number of carbonyl (C=O) groups excluding carboxylic acids is 1. The van der Waals surface area contributed by atoms with Gasteiger partial charge in [0.2, 0.25) is 0 Å². The maximum Gasteiger partial charge on any atom is 0.255 e. The van der Waals surface area contributed by atoms with E-state index in [9.17, 15) is 4.79 Å². The first-order chi connectivity index (χ1) is 6.95. The van der Waals surface area contributed by atoms with E-state index in [1.54, 1.807) is 0 Å². The van der Waals surface area contributed by atoms with Gasteiger partial charge in [0, 0.05) is 19.5 Å². The van der Waals surface area contributed by atoms with Crippen molar-refractivity contribution in [1.82, 2.24) is 4.90 Å². The van der Waals surface area contributed by atoms with Crippen LogP contribution in [0, 0.1) is 17.3 Å². The minimum Gasteiger partial charge on any atom is -0.366 e. The highest BCUT2D eigenvalue weighted by atomic mass is 16.1. The van der Waals surface area contributed by atoms with Crippen molar-refractivity contribution in [3.8, 4) is 0 Å². The number of hydrogen-bond donors (Lipinski definition) is 0. The molecule has 1 aliphatic heterocycles. The Morgan fingerprint density at radius 3 is 2.73 bits per heavy atom. The van der Waals surface area contributed by atoms with Crippen LogP contribution in [0.3, 0.4) is 0 Å². The van der Waals surface area contributed by atoms with Crippen LogP contribution in [-0.4, -0.2) is 30.7 Å². The number of rotatable bonds is 0. The Balaban J connectivity index is 2.42. The third-order valence-electron chi connectivity index (χ3n) is 3.48. The van der Waals surface area contributed by atoms with E-state index in [1.165, 1.54) is 0 Å². The molecule has 2 aliphatic rings. The van der Waals surface area contributed by atoms with Crippen LogP contribution in [0.1, 0.15) is 20.3 Å². The smallest absolute Gasteiger partial charge is 0.255 e. The fourth-order valence-electron chi connectivity index (χ4n) is 2.87. The van der Waals surface area contributed by atoms with Crippen molar-refractivity contribution in [3.63, 3.8) is 0 Å². The molecule has 0 bridgehead atoms. The SMILES string of the molecule is CC1C=CC2C(=O)N=C(N(C)C)C2(C)C1. The van der Waals surface area contributed by atoms with Gasteiger partial charge in [0.05, 0.1) is 5.92 Å². The molecular weight excluding hydrogens is 188 g/mol. The second kappa shape index (κ2) is 3.19. The first-order valence-electron chi connectivity index (χ1n) is 5.44. The third kappa shape index (κ3) is 1.41. The summed E-state index contributed by atoms with van der Waals surface area (Å²) in [7, 11) is 3.92. The molecule has 3 atom stereocenters. The van der Waals surface area contributed by atoms with E-state index in [-0.39, 0.29) is 17.2 Å². The predicted molar refractivity (Wildman–Crippen MR) is 60.6 cm³/mol. The summed E-state index contributed by atoms with van der Waals surface area (Å²) in [5, 5.41) is 0. The largest absolute Gasteiger partial charge is 0.366 e. The number of aliphatic imine (C=N–C) groups is 1. The fraction of sp³-hybridized carbons (Fsp3) is 0.667. The monoisotopic (exact) mass is 206 g/mol. The molecule has 1 amide bonds. The molecule has 1 aliphatic carbocycles. The third-order valence-corrected chi connectivity index (χ3v) is 3.48. The summed E-state index contributed by atoms with van der Waals surface area (Å²) >= 11 is 0. The van der Waals surface area contributed by atoms with E-state index in [0.717, 1.165) is 12.3 Å². The molecule has 0 saturated carbocycles. The maximum absolute atomic E-state index is 11.8. The minimum absolute atomic E-state index is 0.0179. The highest BCUT2D eigenvalue weighted by molar-refractivity contribution is 6.07. The van der Waals surface area contributed by atoms with Crippen LogP contribution in [-0.2, 0) is 4.79 Å². The lowest BCUT2D eigenvalue weighted by molar-refractivity contribution is -0.121. The molecule has 0 radical (unpaired) electrons. The van der Waals surface area contributed by atoms with Gasteiger partial charge in [-0.3, -0.25) is 4.79 Å². The zero-order valence-corrected chi connectivity index (χ0v) is 9.82. The number of nitrogens with zero attached hydrogens (tertiary/aromatic N) is 2. The van der Waals surface area contributed by atoms with Crippen LogP contribution >= 0.6 is 0 Å². The Morgan fingerprint density at radius 2 is 2.13 bits per heavy atom. The van der Waals surface area contributed by atoms with Crippen LogP contribution in [0.25, 0.3) is 0 Å². The summed E-state index contributed by atoms with van der Waals surface area (Å²) in [5.41, 5.74) is -0.0885. The number of carbonyl (C=O) groups is 1. The molecule has 0 saturated heterocycles. The standard InChI is InChI=1S/C12H18N2O/c1-8-5-6-9-10(15)13-11(14(3)4)12(9,2)7-8/h5-6,8-9H,7H2,1-4H3. The van der Waals surface area contributed by atoms with Crippen LogP contribution in [0.4, 0.5) is 0 Å². The summed E-state index contributed by atoms with van der Waals surface area (Å²) in [4.78, 5) is 17.9. The Hall–Kier alpha value is -1.12. The van der Waals surface area contributed by atoms with E-state index < -0.39 is 0 Å². The Morgan fingerprint density at radius 1 is 1.47 bits per heavy atom. The molecule has 3 unspecified atom stereocenters. The quantitative estimate of drug-likeness (QED) is 0.565. The van der Waals surface area contributed by atoms with E-state index in [0.29, 0.717) is 5.92 Å². The maximum atomic E-state index is 11.8. The number of amides is 1. The molecule has 0 aromatic carbocycles. The van der Waals surface area contributed by atoms with Gasteiger partial charge in [-0.15, -0.1) is 0 Å². The van der Waals surface area contributed by atoms with Crippen molar-refractivity contribution in [1.29, 1.82) is 0 Å². The number of allylic oxidation sites excluding steroid dienone is 1. The Bertz CT molecular complexity index is 357. The summed E-state index contributed by atoms with van der Waals surface area (Å²) in [6.45, 7) is 4.34. The first-order valence-corrected chi connectivity index (χ1v) is 5.44. The number of amidine groups is 1. The van der Waals surface area contributed by atoms with Gasteiger partial charge in [0.1, 0.15) is 5.84 Å². The molecule has 0 aromatic heterocycles. The highest BCUT2D eigenvalue weighted by Gasteiger charge is 2.49. The summed E-state index contributed by atoms with van der Waals surface area (Å²) in [6, 6.07) is 0. The van der Waals surface area contributed by atoms with Gasteiger partial charge >= 0.3 is 0 Å². The molecule has 0 fully saturated rings. The average molecular weight is 206 g/mol. The topological polar surface area (TPSA) is 32.7 Å². The lowest BCUT2D eigenvalue weighted by Crippen LogP contribution is -2.42. The predicted octanol–water partition coefficient (Wildman–Crippen LogP) is 1.71. The van der Waals surface area contributed by atoms with Crippen molar-refractivity contribution < 1.29 is 4.79 Å². The van der Waals surface area contributed by atoms with E-state index in [4.69, 9.17) is 0 Å². The second-order valence-corrected chi connectivity index (χ2v) is 5.13. The molecule has 0 spiro atoms. The zero-order chi connectivity index (χ0) is 11.2. The lowest BCUT2D eigenvalue weighted by atomic mass is 9.68. The molecule has 0 aromatic rings. The van der Waals surface area contributed by atoms with Crippen LogP contribution in [0.5, 0.6) is 0 Å². The molecule has 3 heteroatoms. The summed E-state index contributed by atoms with van der Waals surface area (Å²) in [6.07, 6.45) is 5.19. The first kappa shape index (κ1) is 10.4. The normalized spacial score (nSPS) is 38.9. The fourth-order valence-corrected chi connectivity index (χ4v) is 2.87. The molecule has 1 heterocycles. The molecule has 0 N–H and O–H groups in total. The lowest BCUT2D eigenvalue weighted by Gasteiger charge is -2.37. The summed E-state index contributed by atoms with van der Waals surface area (Å²) < 4.78 is 0. The van der Waals surface area contributed by atoms with Gasteiger partial charge < -0.3 is 4.90 Å². The second-order valence-electron chi connectivity index (χ2n) is 5.13. The van der Waals surface area contributed by atoms with Gasteiger partial charge in [0.15, 0.2) is 0 Å². The average Bonchev–Trinajstić information content (AvgIpc) is 2.37. The van der Waals surface area contributed by atoms with Crippen molar-refractivity contribution >= 4 is 11.7 Å². The van der Waals surface area contributed by atoms with Gasteiger partial charge in [-0.2, -0.15) is 4.99 Å². The van der Waals surface area contributed by atoms with Gasteiger partial charge in [-0.1, -0.05) is 26.0 Å². The molecule has 15 heavy (non-hydrogen) atoms. The molecule has 82 valence electrons. The van der Waals surface area contributed by atoms with Crippen LogP contribution in [0.15, 0.2) is 17.1 Å². The van der Waals surface area contributed by atoms with Crippen molar-refractivity contribution in [3.05, 3.63) is 12.2 Å². The van der Waals surface area contributed by atoms with Crippen LogP contribution in [0.2, 0.25) is 0 Å². The zero-order valence-electron chi connectivity index (χ0n) is 9.82. The summed E-state index contributed by atoms with van der Waals surface area (Å²) in [5.74, 6) is 1.45. The van der Waals surface area contributed by atoms with Crippen LogP contribution < -0.4 is 0 Å². The van der Waals surface area contributed by atoms with E-state index in [1.807, 2.05) is 25.1 Å². The highest BCUT2D eigenvalue weighted by Crippen LogP contribution is 2.45. The van der Waals surface area contributed by atoms with Crippen molar-refractivity contribution in [2.45, 2.75) is 20.3 Å². The molecule has 3 nitrogen and oxygen atoms in total. The molecular formula is C12H18N2O. The van der Waals surface area contributed by atoms with Crippen molar-refractivity contribution in [2.75, 3.05) is 14.1 Å². The van der Waals surface area contributed by atoms with E-state index >= 15 is 0 Å². The van der Waals surface area contributed by atoms with Crippen molar-refractivity contribution in [2.24, 2.45) is 22.2 Å². The Kier molecular flexibility index (Phi) is 2.21. The van der Waals surface area contributed by atoms with Gasteiger partial charge in [-0.25, -0.2) is 0 Å². The Labute approximate surface area is 90.9 Å². The van der Waals surface area contributed by atoms with Gasteiger partial charge in [-0.05, 0) is 12.3 Å². The number of fused-ring (bicyclic) bond motifs is 1. The molecule has 2 rings (SSSR count). The number of hydrogen-bond acceptors (Lipinski definition) is 2.